The van der Waals surface area contributed by atoms with Crippen molar-refractivity contribution >= 4 is 21.8 Å². The summed E-state index contributed by atoms with van der Waals surface area (Å²) in [6, 6.07) is 4.55. The Hall–Kier alpha value is -1.04. The lowest BCUT2D eigenvalue weighted by atomic mass is 10.0. The molecule has 1 heterocycles. The molecule has 1 aliphatic rings. The van der Waals surface area contributed by atoms with E-state index in [2.05, 4.69) is 15.9 Å². The molecule has 1 aromatic carbocycles. The first kappa shape index (κ1) is 15.4. The number of hydrogen-bond donors (Lipinski definition) is 0. The molecule has 0 saturated carbocycles. The van der Waals surface area contributed by atoms with Gasteiger partial charge in [-0.3, -0.25) is 4.79 Å². The van der Waals surface area contributed by atoms with E-state index in [1.54, 1.807) is 4.90 Å². The van der Waals surface area contributed by atoms with Gasteiger partial charge in [0.2, 0.25) is 0 Å². The van der Waals surface area contributed by atoms with E-state index in [0.717, 1.165) is 31.4 Å². The molecule has 1 amide bonds. The van der Waals surface area contributed by atoms with Gasteiger partial charge in [0.25, 0.3) is 5.91 Å². The van der Waals surface area contributed by atoms with Crippen LogP contribution in [0.1, 0.15) is 35.2 Å². The van der Waals surface area contributed by atoms with Crippen LogP contribution in [0.3, 0.4) is 0 Å². The smallest absolute Gasteiger partial charge is 0.335 e. The highest BCUT2D eigenvalue weighted by molar-refractivity contribution is 9.09. The van der Waals surface area contributed by atoms with Crippen LogP contribution in [0.2, 0.25) is 0 Å². The maximum Gasteiger partial charge on any atom is 0.416 e. The van der Waals surface area contributed by atoms with Gasteiger partial charge in [-0.25, -0.2) is 0 Å². The van der Waals surface area contributed by atoms with Crippen molar-refractivity contribution in [1.82, 2.24) is 4.90 Å². The summed E-state index contributed by atoms with van der Waals surface area (Å²) in [5.74, 6) is -0.192. The van der Waals surface area contributed by atoms with Crippen LogP contribution in [-0.4, -0.2) is 28.7 Å². The molecule has 0 N–H and O–H groups in total. The van der Waals surface area contributed by atoms with Crippen molar-refractivity contribution in [1.29, 1.82) is 0 Å². The molecule has 1 unspecified atom stereocenters. The standard InChI is InChI=1S/C14H15BrF3NO/c15-9-12-3-1-2-8-19(12)13(20)10-4-6-11(7-5-10)14(16,17)18/h4-7,12H,1-3,8-9H2. The number of benzene rings is 1. The van der Waals surface area contributed by atoms with Crippen molar-refractivity contribution < 1.29 is 18.0 Å². The molecule has 20 heavy (non-hydrogen) atoms. The molecule has 0 radical (unpaired) electrons. The molecule has 6 heteroatoms. The second-order valence-corrected chi connectivity index (χ2v) is 5.53. The predicted molar refractivity (Wildman–Crippen MR) is 73.9 cm³/mol. The van der Waals surface area contributed by atoms with Gasteiger partial charge >= 0.3 is 6.18 Å². The molecule has 1 fully saturated rings. The minimum Gasteiger partial charge on any atom is -0.335 e. The van der Waals surface area contributed by atoms with Crippen molar-refractivity contribution in [2.45, 2.75) is 31.5 Å². The van der Waals surface area contributed by atoms with E-state index >= 15 is 0 Å². The molecule has 0 aliphatic carbocycles. The Bertz CT molecular complexity index is 472. The van der Waals surface area contributed by atoms with Crippen molar-refractivity contribution in [2.24, 2.45) is 0 Å². The van der Waals surface area contributed by atoms with E-state index in [1.165, 1.54) is 12.1 Å². The van der Waals surface area contributed by atoms with Crippen molar-refractivity contribution in [2.75, 3.05) is 11.9 Å². The molecule has 1 saturated heterocycles. The Morgan fingerprint density at radius 3 is 2.45 bits per heavy atom. The van der Waals surface area contributed by atoms with Crippen LogP contribution in [-0.2, 0) is 6.18 Å². The van der Waals surface area contributed by atoms with Crippen molar-refractivity contribution in [3.63, 3.8) is 0 Å². The Labute approximate surface area is 124 Å². The van der Waals surface area contributed by atoms with Crippen LogP contribution in [0.25, 0.3) is 0 Å². The Kier molecular flexibility index (Phi) is 4.73. The minimum absolute atomic E-state index is 0.124. The summed E-state index contributed by atoms with van der Waals surface area (Å²) < 4.78 is 37.5. The van der Waals surface area contributed by atoms with Gasteiger partial charge in [0.05, 0.1) is 5.56 Å². The highest BCUT2D eigenvalue weighted by Gasteiger charge is 2.31. The predicted octanol–water partition coefficient (Wildman–Crippen LogP) is 4.10. The van der Waals surface area contributed by atoms with Gasteiger partial charge in [0.1, 0.15) is 0 Å². The summed E-state index contributed by atoms with van der Waals surface area (Å²) in [7, 11) is 0. The van der Waals surface area contributed by atoms with Crippen LogP contribution < -0.4 is 0 Å². The maximum absolute atomic E-state index is 12.5. The number of alkyl halides is 4. The lowest BCUT2D eigenvalue weighted by Crippen LogP contribution is -2.44. The average molecular weight is 350 g/mol. The number of hydrogen-bond acceptors (Lipinski definition) is 1. The molecular formula is C14H15BrF3NO. The van der Waals surface area contributed by atoms with E-state index in [0.29, 0.717) is 17.4 Å². The summed E-state index contributed by atoms with van der Waals surface area (Å²) in [5.41, 5.74) is -0.421. The van der Waals surface area contributed by atoms with E-state index in [4.69, 9.17) is 0 Å². The number of carbonyl (C=O) groups is 1. The lowest BCUT2D eigenvalue weighted by Gasteiger charge is -2.34. The summed E-state index contributed by atoms with van der Waals surface area (Å²) in [4.78, 5) is 14.1. The first-order valence-electron chi connectivity index (χ1n) is 6.47. The van der Waals surface area contributed by atoms with Crippen LogP contribution in [0.15, 0.2) is 24.3 Å². The zero-order valence-corrected chi connectivity index (χ0v) is 12.4. The number of halogens is 4. The molecule has 0 spiro atoms. The molecule has 1 aromatic rings. The van der Waals surface area contributed by atoms with E-state index in [-0.39, 0.29) is 11.9 Å². The first-order valence-corrected chi connectivity index (χ1v) is 7.60. The fourth-order valence-corrected chi connectivity index (χ4v) is 3.07. The van der Waals surface area contributed by atoms with Gasteiger partial charge < -0.3 is 4.90 Å². The lowest BCUT2D eigenvalue weighted by molar-refractivity contribution is -0.137. The third-order valence-electron chi connectivity index (χ3n) is 3.53. The highest BCUT2D eigenvalue weighted by Crippen LogP contribution is 2.29. The van der Waals surface area contributed by atoms with E-state index in [9.17, 15) is 18.0 Å². The number of likely N-dealkylation sites (tertiary alicyclic amines) is 1. The number of nitrogens with zero attached hydrogens (tertiary/aromatic N) is 1. The molecule has 110 valence electrons. The zero-order valence-electron chi connectivity index (χ0n) is 10.8. The van der Waals surface area contributed by atoms with Crippen molar-refractivity contribution in [3.05, 3.63) is 35.4 Å². The SMILES string of the molecule is O=C(c1ccc(C(F)(F)F)cc1)N1CCCCC1CBr. The second kappa shape index (κ2) is 6.16. The first-order chi connectivity index (χ1) is 9.43. The summed E-state index contributed by atoms with van der Waals surface area (Å²) >= 11 is 3.39. The quantitative estimate of drug-likeness (QED) is 0.736. The molecule has 2 nitrogen and oxygen atoms in total. The minimum atomic E-state index is -4.37. The average Bonchev–Trinajstić information content (AvgIpc) is 2.45. The van der Waals surface area contributed by atoms with Crippen LogP contribution in [0.5, 0.6) is 0 Å². The molecule has 2 rings (SSSR count). The Morgan fingerprint density at radius 1 is 1.25 bits per heavy atom. The third-order valence-corrected chi connectivity index (χ3v) is 4.27. The number of piperidine rings is 1. The third kappa shape index (κ3) is 3.34. The summed E-state index contributed by atoms with van der Waals surface area (Å²) in [6.45, 7) is 0.663. The van der Waals surface area contributed by atoms with Crippen molar-refractivity contribution in [3.8, 4) is 0 Å². The number of amides is 1. The molecule has 0 bridgehead atoms. The fourth-order valence-electron chi connectivity index (χ4n) is 2.40. The van der Waals surface area contributed by atoms with Gasteiger partial charge in [-0.2, -0.15) is 13.2 Å². The Morgan fingerprint density at radius 2 is 1.90 bits per heavy atom. The topological polar surface area (TPSA) is 20.3 Å². The normalized spacial score (nSPS) is 20.0. The van der Waals surface area contributed by atoms with Crippen LogP contribution >= 0.6 is 15.9 Å². The largest absolute Gasteiger partial charge is 0.416 e. The molecular weight excluding hydrogens is 335 g/mol. The second-order valence-electron chi connectivity index (χ2n) is 4.88. The van der Waals surface area contributed by atoms with Gasteiger partial charge in [0, 0.05) is 23.5 Å². The van der Waals surface area contributed by atoms with Crippen LogP contribution in [0.4, 0.5) is 13.2 Å². The van der Waals surface area contributed by atoms with Gasteiger partial charge in [0.15, 0.2) is 0 Å². The summed E-state index contributed by atoms with van der Waals surface area (Å²) in [5, 5.41) is 0.694. The number of rotatable bonds is 2. The van der Waals surface area contributed by atoms with Gasteiger partial charge in [-0.1, -0.05) is 15.9 Å². The summed E-state index contributed by atoms with van der Waals surface area (Å²) in [6.07, 6.45) is -1.42. The Balaban J connectivity index is 2.16. The monoisotopic (exact) mass is 349 g/mol. The maximum atomic E-state index is 12.5. The van der Waals surface area contributed by atoms with Crippen LogP contribution in [0, 0.1) is 0 Å². The molecule has 0 aromatic heterocycles. The zero-order chi connectivity index (χ0) is 14.8. The molecule has 1 atom stereocenters. The molecule has 1 aliphatic heterocycles. The van der Waals surface area contributed by atoms with Gasteiger partial charge in [-0.15, -0.1) is 0 Å². The highest BCUT2D eigenvalue weighted by atomic mass is 79.9. The van der Waals surface area contributed by atoms with Gasteiger partial charge in [-0.05, 0) is 43.5 Å². The number of carbonyl (C=O) groups excluding carboxylic acids is 1. The fraction of sp³-hybridized carbons (Fsp3) is 0.500. The van der Waals surface area contributed by atoms with E-state index < -0.39 is 11.7 Å². The van der Waals surface area contributed by atoms with E-state index in [1.807, 2.05) is 0 Å².